The van der Waals surface area contributed by atoms with Crippen LogP contribution in [0.25, 0.3) is 0 Å². The fourth-order valence-electron chi connectivity index (χ4n) is 2.61. The number of hydrogen-bond donors (Lipinski definition) is 1. The summed E-state index contributed by atoms with van der Waals surface area (Å²) < 4.78 is 28.5. The Kier molecular flexibility index (Phi) is 4.64. The van der Waals surface area contributed by atoms with E-state index in [4.69, 9.17) is 4.74 Å². The van der Waals surface area contributed by atoms with E-state index in [0.29, 0.717) is 19.2 Å². The molecule has 1 heterocycles. The van der Waals surface area contributed by atoms with Crippen LogP contribution in [0.1, 0.15) is 19.8 Å². The Morgan fingerprint density at radius 2 is 2.17 bits per heavy atom. The van der Waals surface area contributed by atoms with Crippen molar-refractivity contribution in [2.24, 2.45) is 0 Å². The van der Waals surface area contributed by atoms with Crippen LogP contribution < -0.4 is 5.32 Å². The van der Waals surface area contributed by atoms with Crippen LogP contribution in [-0.4, -0.2) is 69.8 Å². The molecule has 1 aliphatic carbocycles. The average molecular weight is 276 g/mol. The first-order valence-corrected chi connectivity index (χ1v) is 8.52. The van der Waals surface area contributed by atoms with E-state index in [9.17, 15) is 8.42 Å². The third-order valence-corrected chi connectivity index (χ3v) is 5.56. The van der Waals surface area contributed by atoms with E-state index in [-0.39, 0.29) is 23.6 Å². The molecule has 2 rings (SSSR count). The Hall–Kier alpha value is -0.170. The van der Waals surface area contributed by atoms with Gasteiger partial charge in [0.05, 0.1) is 18.1 Å². The van der Waals surface area contributed by atoms with E-state index < -0.39 is 9.84 Å². The Bertz CT molecular complexity index is 368. The van der Waals surface area contributed by atoms with Crippen molar-refractivity contribution in [1.82, 2.24) is 10.2 Å². The molecule has 2 fully saturated rings. The molecule has 0 spiro atoms. The first-order valence-electron chi connectivity index (χ1n) is 6.70. The monoisotopic (exact) mass is 276 g/mol. The van der Waals surface area contributed by atoms with Gasteiger partial charge < -0.3 is 10.1 Å². The zero-order chi connectivity index (χ0) is 13.2. The van der Waals surface area contributed by atoms with Crippen molar-refractivity contribution in [1.29, 1.82) is 0 Å². The van der Waals surface area contributed by atoms with E-state index in [1.165, 1.54) is 12.8 Å². The van der Waals surface area contributed by atoms with Gasteiger partial charge in [0.15, 0.2) is 9.84 Å². The van der Waals surface area contributed by atoms with Gasteiger partial charge >= 0.3 is 0 Å². The highest BCUT2D eigenvalue weighted by molar-refractivity contribution is 7.91. The summed E-state index contributed by atoms with van der Waals surface area (Å²) in [6.45, 7) is 4.17. The highest BCUT2D eigenvalue weighted by Gasteiger charge is 2.33. The lowest BCUT2D eigenvalue weighted by molar-refractivity contribution is 0.0714. The molecule has 2 unspecified atom stereocenters. The number of nitrogens with zero attached hydrogens (tertiary/aromatic N) is 1. The fourth-order valence-corrected chi connectivity index (χ4v) is 4.19. The van der Waals surface area contributed by atoms with Gasteiger partial charge in [0, 0.05) is 38.3 Å². The molecule has 6 heteroatoms. The van der Waals surface area contributed by atoms with Crippen molar-refractivity contribution >= 4 is 9.84 Å². The number of hydrogen-bond acceptors (Lipinski definition) is 5. The second-order valence-electron chi connectivity index (χ2n) is 5.49. The molecular formula is C12H24N2O3S. The van der Waals surface area contributed by atoms with Gasteiger partial charge in [-0.15, -0.1) is 0 Å². The molecular weight excluding hydrogens is 252 g/mol. The van der Waals surface area contributed by atoms with Crippen LogP contribution in [-0.2, 0) is 14.6 Å². The third kappa shape index (κ3) is 3.91. The fraction of sp³-hybridized carbons (Fsp3) is 1.00. The second-order valence-corrected chi connectivity index (χ2v) is 7.72. The van der Waals surface area contributed by atoms with Gasteiger partial charge in [-0.3, -0.25) is 4.90 Å². The minimum atomic E-state index is -2.84. The molecule has 2 aliphatic rings. The third-order valence-electron chi connectivity index (χ3n) is 3.77. The van der Waals surface area contributed by atoms with Gasteiger partial charge in [-0.25, -0.2) is 8.42 Å². The Labute approximate surface area is 110 Å². The standard InChI is InChI=1S/C12H24N2O3S/c1-10-9-18(15,16)6-5-14(10)12(8-17-2)7-13-11-3-4-11/h10-13H,3-9H2,1-2H3. The number of rotatable bonds is 6. The first kappa shape index (κ1) is 14.2. The van der Waals surface area contributed by atoms with Gasteiger partial charge in [0.25, 0.3) is 0 Å². The molecule has 1 saturated carbocycles. The van der Waals surface area contributed by atoms with Crippen LogP contribution in [0.2, 0.25) is 0 Å². The van der Waals surface area contributed by atoms with Gasteiger partial charge in [-0.05, 0) is 19.8 Å². The molecule has 0 amide bonds. The summed E-state index contributed by atoms with van der Waals surface area (Å²) in [5, 5.41) is 3.51. The number of nitrogens with one attached hydrogen (secondary N) is 1. The molecule has 1 aliphatic heterocycles. The van der Waals surface area contributed by atoms with Crippen LogP contribution in [0.15, 0.2) is 0 Å². The Morgan fingerprint density at radius 3 is 2.72 bits per heavy atom. The molecule has 5 nitrogen and oxygen atoms in total. The maximum atomic E-state index is 11.6. The van der Waals surface area contributed by atoms with Crippen molar-refractivity contribution in [3.8, 4) is 0 Å². The first-order chi connectivity index (χ1) is 8.52. The molecule has 0 radical (unpaired) electrons. The highest BCUT2D eigenvalue weighted by Crippen LogP contribution is 2.20. The van der Waals surface area contributed by atoms with Gasteiger partial charge in [-0.1, -0.05) is 0 Å². The number of ether oxygens (including phenoxy) is 1. The summed E-state index contributed by atoms with van der Waals surface area (Å²) in [5.74, 6) is 0.553. The normalized spacial score (nSPS) is 30.2. The molecule has 2 atom stereocenters. The summed E-state index contributed by atoms with van der Waals surface area (Å²) in [5.41, 5.74) is 0. The van der Waals surface area contributed by atoms with Crippen molar-refractivity contribution < 1.29 is 13.2 Å². The molecule has 0 aromatic carbocycles. The molecule has 1 N–H and O–H groups in total. The molecule has 106 valence electrons. The molecule has 0 aromatic rings. The summed E-state index contributed by atoms with van der Waals surface area (Å²) in [4.78, 5) is 2.28. The molecule has 0 bridgehead atoms. The SMILES string of the molecule is COCC(CNC1CC1)N1CCS(=O)(=O)CC1C. The minimum absolute atomic E-state index is 0.0879. The maximum Gasteiger partial charge on any atom is 0.153 e. The van der Waals surface area contributed by atoms with E-state index in [1.54, 1.807) is 7.11 Å². The van der Waals surface area contributed by atoms with Crippen LogP contribution >= 0.6 is 0 Å². The zero-order valence-electron chi connectivity index (χ0n) is 11.3. The predicted octanol–water partition coefficient (Wildman–Crippen LogP) is -0.128. The van der Waals surface area contributed by atoms with Gasteiger partial charge in [0.1, 0.15) is 0 Å². The quantitative estimate of drug-likeness (QED) is 0.732. The number of methoxy groups -OCH3 is 1. The van der Waals surface area contributed by atoms with Crippen molar-refractivity contribution in [2.75, 3.05) is 38.3 Å². The summed E-state index contributed by atoms with van der Waals surface area (Å²) in [7, 11) is -1.13. The lowest BCUT2D eigenvalue weighted by Gasteiger charge is -2.39. The zero-order valence-corrected chi connectivity index (χ0v) is 12.1. The van der Waals surface area contributed by atoms with Crippen molar-refractivity contribution in [3.05, 3.63) is 0 Å². The minimum Gasteiger partial charge on any atom is -0.383 e. The summed E-state index contributed by atoms with van der Waals surface area (Å²) >= 11 is 0. The molecule has 18 heavy (non-hydrogen) atoms. The molecule has 1 saturated heterocycles. The Morgan fingerprint density at radius 1 is 1.44 bits per heavy atom. The van der Waals surface area contributed by atoms with Crippen LogP contribution in [0.4, 0.5) is 0 Å². The summed E-state index contributed by atoms with van der Waals surface area (Å²) in [6.07, 6.45) is 2.53. The maximum absolute atomic E-state index is 11.6. The molecule has 0 aromatic heterocycles. The van der Waals surface area contributed by atoms with Crippen LogP contribution in [0, 0.1) is 0 Å². The van der Waals surface area contributed by atoms with Crippen molar-refractivity contribution in [2.45, 2.75) is 37.9 Å². The lowest BCUT2D eigenvalue weighted by atomic mass is 10.2. The number of sulfone groups is 1. The van der Waals surface area contributed by atoms with E-state index >= 15 is 0 Å². The predicted molar refractivity (Wildman–Crippen MR) is 71.5 cm³/mol. The van der Waals surface area contributed by atoms with E-state index in [0.717, 1.165) is 6.54 Å². The average Bonchev–Trinajstić information content (AvgIpc) is 3.07. The Balaban J connectivity index is 1.91. The largest absolute Gasteiger partial charge is 0.383 e. The summed E-state index contributed by atoms with van der Waals surface area (Å²) in [6, 6.07) is 1.04. The second kappa shape index (κ2) is 5.86. The van der Waals surface area contributed by atoms with Crippen LogP contribution in [0.5, 0.6) is 0 Å². The smallest absolute Gasteiger partial charge is 0.153 e. The van der Waals surface area contributed by atoms with Crippen LogP contribution in [0.3, 0.4) is 0 Å². The van der Waals surface area contributed by atoms with Gasteiger partial charge in [0.2, 0.25) is 0 Å². The van der Waals surface area contributed by atoms with Crippen molar-refractivity contribution in [3.63, 3.8) is 0 Å². The highest BCUT2D eigenvalue weighted by atomic mass is 32.2. The van der Waals surface area contributed by atoms with E-state index in [1.807, 2.05) is 6.92 Å². The topological polar surface area (TPSA) is 58.6 Å². The lowest BCUT2D eigenvalue weighted by Crippen LogP contribution is -2.56. The van der Waals surface area contributed by atoms with E-state index in [2.05, 4.69) is 10.2 Å². The van der Waals surface area contributed by atoms with Gasteiger partial charge in [-0.2, -0.15) is 0 Å².